The maximum atomic E-state index is 14.2. The first-order chi connectivity index (χ1) is 18.5. The minimum Gasteiger partial charge on any atom is -0.480 e. The molecule has 4 aromatic rings. The third-order valence-electron chi connectivity index (χ3n) is 8.01. The number of carboxylic acid groups (broad SMARTS) is 1. The average molecular weight is 508 g/mol. The standard InChI is InChI=1S/C30H29N5O3/c1-21(28(36)37)34-19-16-32-27(34)20-33-17-12-30(13-18-33)25-4-2-3-5-26(25)35(29(30)38)24-8-6-22(7-9-24)23-10-14-31-15-11-23/h2-11,14-16,19,21H,12-13,17-18,20H2,1H3,(H,36,37). The normalized spacial score (nSPS) is 17.5. The Morgan fingerprint density at radius 3 is 2.37 bits per heavy atom. The van der Waals surface area contributed by atoms with E-state index in [2.05, 4.69) is 20.9 Å². The number of carbonyl (C=O) groups is 2. The summed E-state index contributed by atoms with van der Waals surface area (Å²) in [4.78, 5) is 38.3. The summed E-state index contributed by atoms with van der Waals surface area (Å²) in [6.07, 6.45) is 8.32. The van der Waals surface area contributed by atoms with Crippen LogP contribution in [0.4, 0.5) is 11.4 Å². The third-order valence-corrected chi connectivity index (χ3v) is 8.01. The number of fused-ring (bicyclic) bond motifs is 2. The monoisotopic (exact) mass is 507 g/mol. The number of benzene rings is 2. The number of hydrogen-bond donors (Lipinski definition) is 1. The van der Waals surface area contributed by atoms with Gasteiger partial charge in [0.05, 0.1) is 17.6 Å². The number of anilines is 2. The van der Waals surface area contributed by atoms with Crippen molar-refractivity contribution in [1.82, 2.24) is 19.4 Å². The van der Waals surface area contributed by atoms with Gasteiger partial charge in [-0.3, -0.25) is 19.6 Å². The Labute approximate surface area is 221 Å². The van der Waals surface area contributed by atoms with Gasteiger partial charge >= 0.3 is 5.97 Å². The van der Waals surface area contributed by atoms with Gasteiger partial charge in [0.15, 0.2) is 0 Å². The summed E-state index contributed by atoms with van der Waals surface area (Å²) in [7, 11) is 0. The number of likely N-dealkylation sites (tertiary alicyclic amines) is 1. The van der Waals surface area contributed by atoms with E-state index in [0.717, 1.165) is 47.0 Å². The summed E-state index contributed by atoms with van der Waals surface area (Å²) in [5.74, 6) is -0.0372. The molecule has 1 unspecified atom stereocenters. The lowest BCUT2D eigenvalue weighted by Gasteiger charge is -2.38. The predicted octanol–water partition coefficient (Wildman–Crippen LogP) is 4.80. The molecule has 8 nitrogen and oxygen atoms in total. The summed E-state index contributed by atoms with van der Waals surface area (Å²) in [6, 6.07) is 19.5. The number of aromatic nitrogens is 3. The molecule has 8 heteroatoms. The molecule has 1 spiro atoms. The summed E-state index contributed by atoms with van der Waals surface area (Å²) in [5, 5.41) is 9.43. The van der Waals surface area contributed by atoms with E-state index in [1.165, 1.54) is 0 Å². The van der Waals surface area contributed by atoms with Crippen LogP contribution >= 0.6 is 0 Å². The van der Waals surface area contributed by atoms with Crippen LogP contribution < -0.4 is 4.90 Å². The van der Waals surface area contributed by atoms with Gasteiger partial charge < -0.3 is 9.67 Å². The van der Waals surface area contributed by atoms with E-state index in [4.69, 9.17) is 0 Å². The molecule has 0 saturated carbocycles. The number of pyridine rings is 1. The molecule has 4 heterocycles. The minimum absolute atomic E-state index is 0.121. The first-order valence-corrected chi connectivity index (χ1v) is 12.9. The van der Waals surface area contributed by atoms with Gasteiger partial charge in [-0.15, -0.1) is 0 Å². The fourth-order valence-corrected chi connectivity index (χ4v) is 5.83. The van der Waals surface area contributed by atoms with Gasteiger partial charge in [-0.05, 0) is 79.9 Å². The number of imidazole rings is 1. The number of carboxylic acids is 1. The SMILES string of the molecule is CC(C(=O)O)n1ccnc1CN1CCC2(CC1)C(=O)N(c1ccc(-c3ccncc3)cc1)c1ccccc12. The Hall–Kier alpha value is -4.30. The van der Waals surface area contributed by atoms with Crippen LogP contribution in [0.2, 0.25) is 0 Å². The zero-order valence-electron chi connectivity index (χ0n) is 21.2. The lowest BCUT2D eigenvalue weighted by Crippen LogP contribution is -2.47. The molecule has 2 aromatic carbocycles. The summed E-state index contributed by atoms with van der Waals surface area (Å²) < 4.78 is 1.71. The van der Waals surface area contributed by atoms with Crippen LogP contribution in [0.5, 0.6) is 0 Å². The quantitative estimate of drug-likeness (QED) is 0.403. The van der Waals surface area contributed by atoms with Crippen molar-refractivity contribution in [3.63, 3.8) is 0 Å². The molecule has 1 atom stereocenters. The number of hydrogen-bond acceptors (Lipinski definition) is 5. The lowest BCUT2D eigenvalue weighted by molar-refractivity contribution is -0.140. The van der Waals surface area contributed by atoms with E-state index in [1.807, 2.05) is 59.5 Å². The van der Waals surface area contributed by atoms with Crippen molar-refractivity contribution in [1.29, 1.82) is 0 Å². The minimum atomic E-state index is -0.885. The maximum Gasteiger partial charge on any atom is 0.326 e. The van der Waals surface area contributed by atoms with E-state index >= 15 is 0 Å². The number of piperidine rings is 1. The van der Waals surface area contributed by atoms with Crippen molar-refractivity contribution in [2.24, 2.45) is 0 Å². The zero-order chi connectivity index (χ0) is 26.3. The molecule has 6 rings (SSSR count). The number of amides is 1. The fourth-order valence-electron chi connectivity index (χ4n) is 5.83. The van der Waals surface area contributed by atoms with Gasteiger partial charge in [0, 0.05) is 30.5 Å². The predicted molar refractivity (Wildman–Crippen MR) is 144 cm³/mol. The Balaban J connectivity index is 1.24. The van der Waals surface area contributed by atoms with Crippen LogP contribution in [0.25, 0.3) is 11.1 Å². The Bertz CT molecular complexity index is 1470. The van der Waals surface area contributed by atoms with Crippen LogP contribution in [-0.4, -0.2) is 49.5 Å². The summed E-state index contributed by atoms with van der Waals surface area (Å²) >= 11 is 0. The van der Waals surface area contributed by atoms with Crippen molar-refractivity contribution < 1.29 is 14.7 Å². The number of nitrogens with zero attached hydrogens (tertiary/aromatic N) is 5. The van der Waals surface area contributed by atoms with Crippen molar-refractivity contribution in [2.75, 3.05) is 18.0 Å². The van der Waals surface area contributed by atoms with Crippen LogP contribution in [0.1, 0.15) is 37.2 Å². The van der Waals surface area contributed by atoms with Gasteiger partial charge in [-0.2, -0.15) is 0 Å². The number of rotatable bonds is 6. The van der Waals surface area contributed by atoms with E-state index < -0.39 is 17.4 Å². The number of aliphatic carboxylic acids is 1. The average Bonchev–Trinajstić information content (AvgIpc) is 3.51. The van der Waals surface area contributed by atoms with Crippen molar-refractivity contribution in [2.45, 2.75) is 37.8 Å². The molecule has 0 radical (unpaired) electrons. The van der Waals surface area contributed by atoms with E-state index in [1.54, 1.807) is 36.3 Å². The van der Waals surface area contributed by atoms with Crippen LogP contribution in [0, 0.1) is 0 Å². The second-order valence-corrected chi connectivity index (χ2v) is 10.1. The summed E-state index contributed by atoms with van der Waals surface area (Å²) in [6.45, 7) is 3.66. The molecule has 1 fully saturated rings. The molecule has 2 aliphatic heterocycles. The number of carbonyl (C=O) groups excluding carboxylic acids is 1. The molecule has 38 heavy (non-hydrogen) atoms. The molecule has 2 aromatic heterocycles. The molecular weight excluding hydrogens is 478 g/mol. The molecule has 1 amide bonds. The maximum absolute atomic E-state index is 14.2. The largest absolute Gasteiger partial charge is 0.480 e. The van der Waals surface area contributed by atoms with E-state index in [-0.39, 0.29) is 5.91 Å². The first kappa shape index (κ1) is 24.1. The molecule has 0 bridgehead atoms. The molecule has 1 N–H and O–H groups in total. The van der Waals surface area contributed by atoms with E-state index in [0.29, 0.717) is 19.4 Å². The van der Waals surface area contributed by atoms with Crippen molar-refractivity contribution in [3.05, 3.63) is 96.8 Å². The summed E-state index contributed by atoms with van der Waals surface area (Å²) in [5.41, 5.74) is 4.50. The second-order valence-electron chi connectivity index (χ2n) is 10.1. The Morgan fingerprint density at radius 2 is 1.66 bits per heavy atom. The highest BCUT2D eigenvalue weighted by Gasteiger charge is 2.52. The second kappa shape index (κ2) is 9.54. The van der Waals surface area contributed by atoms with Crippen molar-refractivity contribution >= 4 is 23.3 Å². The Morgan fingerprint density at radius 1 is 0.974 bits per heavy atom. The zero-order valence-corrected chi connectivity index (χ0v) is 21.2. The van der Waals surface area contributed by atoms with Gasteiger partial charge in [0.2, 0.25) is 5.91 Å². The number of para-hydroxylation sites is 1. The van der Waals surface area contributed by atoms with Crippen LogP contribution in [0.15, 0.2) is 85.5 Å². The smallest absolute Gasteiger partial charge is 0.326 e. The molecule has 0 aliphatic carbocycles. The highest BCUT2D eigenvalue weighted by atomic mass is 16.4. The Kier molecular flexibility index (Phi) is 6.04. The van der Waals surface area contributed by atoms with E-state index in [9.17, 15) is 14.7 Å². The van der Waals surface area contributed by atoms with Gasteiger partial charge in [0.25, 0.3) is 0 Å². The third kappa shape index (κ3) is 3.97. The highest BCUT2D eigenvalue weighted by molar-refractivity contribution is 6.13. The molecule has 1 saturated heterocycles. The van der Waals surface area contributed by atoms with Gasteiger partial charge in [0.1, 0.15) is 11.9 Å². The van der Waals surface area contributed by atoms with Gasteiger partial charge in [-0.1, -0.05) is 30.3 Å². The van der Waals surface area contributed by atoms with Gasteiger partial charge in [-0.25, -0.2) is 9.78 Å². The molecule has 2 aliphatic rings. The fraction of sp³-hybridized carbons (Fsp3) is 0.267. The molecule has 192 valence electrons. The first-order valence-electron chi connectivity index (χ1n) is 12.9. The highest BCUT2D eigenvalue weighted by Crippen LogP contribution is 2.50. The van der Waals surface area contributed by atoms with Crippen LogP contribution in [0.3, 0.4) is 0 Å². The van der Waals surface area contributed by atoms with Crippen molar-refractivity contribution in [3.8, 4) is 11.1 Å². The topological polar surface area (TPSA) is 91.6 Å². The lowest BCUT2D eigenvalue weighted by atomic mass is 9.73. The molecular formula is C30H29N5O3. The van der Waals surface area contributed by atoms with Crippen LogP contribution in [-0.2, 0) is 21.5 Å².